The molecule has 1 rings (SSSR count). The standard InChI is InChI=1S/C6H8N4O/c1-8-5-4(3-7)9-6(11)10(5)2/h8H,1-2H3,(H,9,11). The molecule has 0 aliphatic carbocycles. The van der Waals surface area contributed by atoms with Crippen molar-refractivity contribution in [1.82, 2.24) is 9.55 Å². The number of nitriles is 1. The Hall–Kier alpha value is -1.70. The van der Waals surface area contributed by atoms with E-state index in [4.69, 9.17) is 5.26 Å². The lowest BCUT2D eigenvalue weighted by Gasteiger charge is -1.97. The minimum Gasteiger partial charge on any atom is -0.372 e. The van der Waals surface area contributed by atoms with Crippen molar-refractivity contribution in [3.8, 4) is 6.07 Å². The van der Waals surface area contributed by atoms with Gasteiger partial charge in [-0.25, -0.2) is 4.79 Å². The first kappa shape index (κ1) is 7.41. The average Bonchev–Trinajstić information content (AvgIpc) is 2.28. The number of hydrogen-bond donors (Lipinski definition) is 2. The molecule has 2 N–H and O–H groups in total. The van der Waals surface area contributed by atoms with Gasteiger partial charge in [-0.05, 0) is 0 Å². The minimum atomic E-state index is -0.286. The molecule has 1 aromatic heterocycles. The van der Waals surface area contributed by atoms with Crippen LogP contribution < -0.4 is 11.0 Å². The number of hydrogen-bond acceptors (Lipinski definition) is 3. The van der Waals surface area contributed by atoms with Crippen molar-refractivity contribution in [2.24, 2.45) is 7.05 Å². The molecule has 11 heavy (non-hydrogen) atoms. The lowest BCUT2D eigenvalue weighted by molar-refractivity contribution is 0.867. The number of nitrogens with zero attached hydrogens (tertiary/aromatic N) is 2. The Morgan fingerprint density at radius 3 is 2.73 bits per heavy atom. The van der Waals surface area contributed by atoms with E-state index < -0.39 is 0 Å². The van der Waals surface area contributed by atoms with Gasteiger partial charge < -0.3 is 5.32 Å². The van der Waals surface area contributed by atoms with Crippen LogP contribution in [-0.4, -0.2) is 16.6 Å². The van der Waals surface area contributed by atoms with Gasteiger partial charge in [0.2, 0.25) is 0 Å². The maximum Gasteiger partial charge on any atom is 0.327 e. The van der Waals surface area contributed by atoms with Crippen molar-refractivity contribution < 1.29 is 0 Å². The number of nitrogens with one attached hydrogen (secondary N) is 2. The molecule has 0 aliphatic heterocycles. The minimum absolute atomic E-state index is 0.264. The molecule has 1 heterocycles. The lowest BCUT2D eigenvalue weighted by Crippen LogP contribution is -2.13. The Morgan fingerprint density at radius 1 is 1.73 bits per heavy atom. The summed E-state index contributed by atoms with van der Waals surface area (Å²) < 4.78 is 1.35. The van der Waals surface area contributed by atoms with Crippen LogP contribution in [0.4, 0.5) is 5.82 Å². The van der Waals surface area contributed by atoms with Crippen molar-refractivity contribution >= 4 is 5.82 Å². The SMILES string of the molecule is CNc1c(C#N)[nH]c(=O)n1C. The van der Waals surface area contributed by atoms with Crippen LogP contribution in [0.25, 0.3) is 0 Å². The number of imidazole rings is 1. The Balaban J connectivity index is 3.42. The average molecular weight is 152 g/mol. The molecule has 0 atom stereocenters. The third-order valence-electron chi connectivity index (χ3n) is 1.46. The fraction of sp³-hybridized carbons (Fsp3) is 0.333. The van der Waals surface area contributed by atoms with E-state index in [2.05, 4.69) is 10.3 Å². The zero-order chi connectivity index (χ0) is 8.43. The van der Waals surface area contributed by atoms with E-state index in [1.165, 1.54) is 4.57 Å². The van der Waals surface area contributed by atoms with Gasteiger partial charge in [0, 0.05) is 14.1 Å². The Labute approximate surface area is 63.3 Å². The number of H-pyrrole nitrogens is 1. The van der Waals surface area contributed by atoms with E-state index in [0.717, 1.165) is 0 Å². The second-order valence-corrected chi connectivity index (χ2v) is 2.07. The van der Waals surface area contributed by atoms with Crippen LogP contribution in [-0.2, 0) is 7.05 Å². The summed E-state index contributed by atoms with van der Waals surface area (Å²) in [7, 11) is 3.24. The first-order valence-corrected chi connectivity index (χ1v) is 3.07. The van der Waals surface area contributed by atoms with Crippen LogP contribution in [0.3, 0.4) is 0 Å². The molecule has 0 saturated carbocycles. The molecule has 0 aromatic carbocycles. The van der Waals surface area contributed by atoms with Gasteiger partial charge >= 0.3 is 5.69 Å². The summed E-state index contributed by atoms with van der Waals surface area (Å²) in [6.07, 6.45) is 0. The topological polar surface area (TPSA) is 73.6 Å². The predicted octanol–water partition coefficient (Wildman–Crippen LogP) is -0.373. The van der Waals surface area contributed by atoms with Crippen LogP contribution in [0.5, 0.6) is 0 Å². The van der Waals surface area contributed by atoms with Crippen LogP contribution in [0, 0.1) is 11.3 Å². The zero-order valence-corrected chi connectivity index (χ0v) is 6.30. The van der Waals surface area contributed by atoms with Crippen molar-refractivity contribution in [3.05, 3.63) is 16.2 Å². The van der Waals surface area contributed by atoms with E-state index in [0.29, 0.717) is 5.82 Å². The molecule has 0 saturated heterocycles. The Kier molecular flexibility index (Phi) is 1.68. The molecule has 5 heteroatoms. The fourth-order valence-corrected chi connectivity index (χ4v) is 0.893. The van der Waals surface area contributed by atoms with Gasteiger partial charge in [0.05, 0.1) is 0 Å². The van der Waals surface area contributed by atoms with Gasteiger partial charge in [0.1, 0.15) is 11.9 Å². The molecule has 0 fully saturated rings. The van der Waals surface area contributed by atoms with Gasteiger partial charge in [-0.15, -0.1) is 0 Å². The Morgan fingerprint density at radius 2 is 2.36 bits per heavy atom. The fourth-order valence-electron chi connectivity index (χ4n) is 0.893. The third-order valence-corrected chi connectivity index (χ3v) is 1.46. The highest BCUT2D eigenvalue weighted by Gasteiger charge is 2.07. The molecule has 0 spiro atoms. The van der Waals surface area contributed by atoms with Gasteiger partial charge in [0.15, 0.2) is 5.69 Å². The molecule has 0 unspecified atom stereocenters. The van der Waals surface area contributed by atoms with Gasteiger partial charge in [-0.1, -0.05) is 0 Å². The van der Waals surface area contributed by atoms with Crippen LogP contribution in [0.15, 0.2) is 4.79 Å². The zero-order valence-electron chi connectivity index (χ0n) is 6.30. The van der Waals surface area contributed by atoms with Crippen molar-refractivity contribution in [3.63, 3.8) is 0 Å². The second kappa shape index (κ2) is 2.50. The molecule has 5 nitrogen and oxygen atoms in total. The monoisotopic (exact) mass is 152 g/mol. The summed E-state index contributed by atoms with van der Waals surface area (Å²) in [6, 6.07) is 1.87. The highest BCUT2D eigenvalue weighted by molar-refractivity contribution is 5.47. The molecule has 1 aromatic rings. The summed E-state index contributed by atoms with van der Waals surface area (Å²) in [6.45, 7) is 0. The number of aromatic nitrogens is 2. The largest absolute Gasteiger partial charge is 0.372 e. The van der Waals surface area contributed by atoms with Gasteiger partial charge in [-0.2, -0.15) is 5.26 Å². The van der Waals surface area contributed by atoms with E-state index in [9.17, 15) is 4.79 Å². The number of aromatic amines is 1. The first-order chi connectivity index (χ1) is 5.20. The van der Waals surface area contributed by atoms with Gasteiger partial charge in [0.25, 0.3) is 0 Å². The molecule has 58 valence electrons. The van der Waals surface area contributed by atoms with Crippen molar-refractivity contribution in [2.75, 3.05) is 12.4 Å². The highest BCUT2D eigenvalue weighted by Crippen LogP contribution is 2.05. The van der Waals surface area contributed by atoms with E-state index in [1.807, 2.05) is 6.07 Å². The first-order valence-electron chi connectivity index (χ1n) is 3.07. The second-order valence-electron chi connectivity index (χ2n) is 2.07. The predicted molar refractivity (Wildman–Crippen MR) is 40.3 cm³/mol. The lowest BCUT2D eigenvalue weighted by atomic mass is 10.5. The summed E-state index contributed by atoms with van der Waals surface area (Å²) in [4.78, 5) is 13.3. The normalized spacial score (nSPS) is 9.18. The summed E-state index contributed by atoms with van der Waals surface area (Å²) >= 11 is 0. The van der Waals surface area contributed by atoms with Crippen LogP contribution >= 0.6 is 0 Å². The maximum absolute atomic E-state index is 10.9. The van der Waals surface area contributed by atoms with Gasteiger partial charge in [-0.3, -0.25) is 9.55 Å². The molecule has 0 bridgehead atoms. The summed E-state index contributed by atoms with van der Waals surface area (Å²) in [5.41, 5.74) is -0.0223. The van der Waals surface area contributed by atoms with Crippen molar-refractivity contribution in [2.45, 2.75) is 0 Å². The van der Waals surface area contributed by atoms with E-state index >= 15 is 0 Å². The van der Waals surface area contributed by atoms with Crippen molar-refractivity contribution in [1.29, 1.82) is 5.26 Å². The number of rotatable bonds is 1. The number of anilines is 1. The molecule has 0 radical (unpaired) electrons. The quantitative estimate of drug-likeness (QED) is 0.576. The van der Waals surface area contributed by atoms with Crippen LogP contribution in [0.2, 0.25) is 0 Å². The molecular formula is C6H8N4O. The smallest absolute Gasteiger partial charge is 0.327 e. The van der Waals surface area contributed by atoms with E-state index in [1.54, 1.807) is 14.1 Å². The maximum atomic E-state index is 10.9. The van der Waals surface area contributed by atoms with E-state index in [-0.39, 0.29) is 11.4 Å². The Bertz CT molecular complexity index is 354. The third kappa shape index (κ3) is 0.984. The molecule has 0 aliphatic rings. The highest BCUT2D eigenvalue weighted by atomic mass is 16.1. The molecular weight excluding hydrogens is 144 g/mol. The molecule has 0 amide bonds. The summed E-state index contributed by atoms with van der Waals surface area (Å²) in [5.74, 6) is 0.512. The van der Waals surface area contributed by atoms with Crippen LogP contribution in [0.1, 0.15) is 5.69 Å². The summed E-state index contributed by atoms with van der Waals surface area (Å²) in [5, 5.41) is 11.3.